The highest BCUT2D eigenvalue weighted by molar-refractivity contribution is 7.89. The van der Waals surface area contributed by atoms with Crippen molar-refractivity contribution in [2.45, 2.75) is 4.90 Å². The van der Waals surface area contributed by atoms with Gasteiger partial charge in [-0.05, 0) is 36.4 Å². The maximum atomic E-state index is 12.0. The van der Waals surface area contributed by atoms with E-state index in [0.29, 0.717) is 11.4 Å². The molecule has 0 spiro atoms. The Morgan fingerprint density at radius 1 is 0.963 bits per heavy atom. The number of benzene rings is 2. The SMILES string of the molecule is CN(C)S(=O)(=O)c1ccc(NC(=O)CNC(=O)COc2ccccc2)cc1. The molecule has 9 heteroatoms. The molecular formula is C18H21N3O5S. The van der Waals surface area contributed by atoms with Gasteiger partial charge in [-0.25, -0.2) is 12.7 Å². The van der Waals surface area contributed by atoms with E-state index in [1.165, 1.54) is 38.4 Å². The molecule has 0 bridgehead atoms. The van der Waals surface area contributed by atoms with E-state index in [2.05, 4.69) is 10.6 Å². The summed E-state index contributed by atoms with van der Waals surface area (Å²) in [6, 6.07) is 14.6. The van der Waals surface area contributed by atoms with Gasteiger partial charge in [-0.2, -0.15) is 0 Å². The van der Waals surface area contributed by atoms with Crippen molar-refractivity contribution in [2.24, 2.45) is 0 Å². The molecule has 0 unspecified atom stereocenters. The molecule has 27 heavy (non-hydrogen) atoms. The van der Waals surface area contributed by atoms with Gasteiger partial charge in [0.25, 0.3) is 5.91 Å². The molecule has 0 aliphatic rings. The average Bonchev–Trinajstić information content (AvgIpc) is 2.66. The van der Waals surface area contributed by atoms with Crippen molar-refractivity contribution >= 4 is 27.5 Å². The summed E-state index contributed by atoms with van der Waals surface area (Å²) in [7, 11) is -0.644. The fourth-order valence-electron chi connectivity index (χ4n) is 2.02. The van der Waals surface area contributed by atoms with Crippen LogP contribution in [-0.4, -0.2) is 51.8 Å². The van der Waals surface area contributed by atoms with Crippen LogP contribution in [0.1, 0.15) is 0 Å². The fourth-order valence-corrected chi connectivity index (χ4v) is 2.92. The fraction of sp³-hybridized carbons (Fsp3) is 0.222. The molecule has 0 aromatic heterocycles. The molecule has 2 aromatic rings. The third-order valence-electron chi connectivity index (χ3n) is 3.48. The minimum Gasteiger partial charge on any atom is -0.484 e. The van der Waals surface area contributed by atoms with Gasteiger partial charge in [-0.15, -0.1) is 0 Å². The molecule has 144 valence electrons. The number of carbonyl (C=O) groups excluding carboxylic acids is 2. The summed E-state index contributed by atoms with van der Waals surface area (Å²) in [5, 5.41) is 5.02. The van der Waals surface area contributed by atoms with Crippen molar-refractivity contribution in [1.29, 1.82) is 0 Å². The second-order valence-corrected chi connectivity index (χ2v) is 7.89. The highest BCUT2D eigenvalue weighted by Crippen LogP contribution is 2.16. The van der Waals surface area contributed by atoms with Crippen molar-refractivity contribution in [2.75, 3.05) is 32.6 Å². The van der Waals surface area contributed by atoms with Gasteiger partial charge in [0, 0.05) is 19.8 Å². The van der Waals surface area contributed by atoms with E-state index in [1.807, 2.05) is 6.07 Å². The first kappa shape index (κ1) is 20.4. The summed E-state index contributed by atoms with van der Waals surface area (Å²) in [5.74, 6) is -0.308. The third kappa shape index (κ3) is 6.08. The number of hydrogen-bond donors (Lipinski definition) is 2. The second kappa shape index (κ2) is 9.15. The number of rotatable bonds is 8. The van der Waals surface area contributed by atoms with E-state index in [1.54, 1.807) is 24.3 Å². The average molecular weight is 391 g/mol. The molecule has 8 nitrogen and oxygen atoms in total. The van der Waals surface area contributed by atoms with Crippen LogP contribution in [0.4, 0.5) is 5.69 Å². The maximum Gasteiger partial charge on any atom is 0.258 e. The largest absolute Gasteiger partial charge is 0.484 e. The van der Waals surface area contributed by atoms with Gasteiger partial charge in [0.05, 0.1) is 11.4 Å². The van der Waals surface area contributed by atoms with Crippen LogP contribution in [0.3, 0.4) is 0 Å². The van der Waals surface area contributed by atoms with Crippen LogP contribution < -0.4 is 15.4 Å². The summed E-state index contributed by atoms with van der Waals surface area (Å²) in [6.45, 7) is -0.427. The number of nitrogens with one attached hydrogen (secondary N) is 2. The Morgan fingerprint density at radius 3 is 2.19 bits per heavy atom. The van der Waals surface area contributed by atoms with Crippen LogP contribution >= 0.6 is 0 Å². The number of hydrogen-bond acceptors (Lipinski definition) is 5. The predicted octanol–water partition coefficient (Wildman–Crippen LogP) is 1.07. The first-order valence-corrected chi connectivity index (χ1v) is 9.50. The molecule has 0 fully saturated rings. The number of nitrogens with zero attached hydrogens (tertiary/aromatic N) is 1. The first-order valence-electron chi connectivity index (χ1n) is 8.06. The molecule has 2 rings (SSSR count). The molecule has 0 heterocycles. The van der Waals surface area contributed by atoms with E-state index >= 15 is 0 Å². The van der Waals surface area contributed by atoms with Crippen molar-refractivity contribution in [3.05, 3.63) is 54.6 Å². The van der Waals surface area contributed by atoms with Gasteiger partial charge in [-0.3, -0.25) is 9.59 Å². The van der Waals surface area contributed by atoms with E-state index in [9.17, 15) is 18.0 Å². The molecule has 0 saturated carbocycles. The van der Waals surface area contributed by atoms with Gasteiger partial charge < -0.3 is 15.4 Å². The molecular weight excluding hydrogens is 370 g/mol. The normalized spacial score (nSPS) is 11.1. The first-order chi connectivity index (χ1) is 12.8. The van der Waals surface area contributed by atoms with E-state index < -0.39 is 21.8 Å². The van der Waals surface area contributed by atoms with Crippen LogP contribution in [0.15, 0.2) is 59.5 Å². The summed E-state index contributed by atoms with van der Waals surface area (Å²) >= 11 is 0. The summed E-state index contributed by atoms with van der Waals surface area (Å²) in [6.07, 6.45) is 0. The van der Waals surface area contributed by atoms with Gasteiger partial charge in [0.15, 0.2) is 6.61 Å². The van der Waals surface area contributed by atoms with Crippen LogP contribution in [-0.2, 0) is 19.6 Å². The zero-order chi connectivity index (χ0) is 19.9. The van der Waals surface area contributed by atoms with Crippen molar-refractivity contribution in [1.82, 2.24) is 9.62 Å². The van der Waals surface area contributed by atoms with Gasteiger partial charge >= 0.3 is 0 Å². The number of para-hydroxylation sites is 1. The standard InChI is InChI=1S/C18H21N3O5S/c1-21(2)27(24,25)16-10-8-14(9-11-16)20-17(22)12-19-18(23)13-26-15-6-4-3-5-7-15/h3-11H,12-13H2,1-2H3,(H,19,23)(H,20,22). The molecule has 2 N–H and O–H groups in total. The smallest absolute Gasteiger partial charge is 0.258 e. The van der Waals surface area contributed by atoms with Crippen LogP contribution in [0, 0.1) is 0 Å². The molecule has 2 amide bonds. The van der Waals surface area contributed by atoms with Crippen LogP contribution in [0.5, 0.6) is 5.75 Å². The Bertz CT molecular complexity index is 881. The topological polar surface area (TPSA) is 105 Å². The monoisotopic (exact) mass is 391 g/mol. The molecule has 0 aliphatic carbocycles. The summed E-state index contributed by atoms with van der Waals surface area (Å²) in [5.41, 5.74) is 0.424. The van der Waals surface area contributed by atoms with Crippen LogP contribution in [0.2, 0.25) is 0 Å². The number of sulfonamides is 1. The highest BCUT2D eigenvalue weighted by Gasteiger charge is 2.16. The van der Waals surface area contributed by atoms with E-state index in [-0.39, 0.29) is 18.0 Å². The van der Waals surface area contributed by atoms with Crippen molar-refractivity contribution in [3.8, 4) is 5.75 Å². The maximum absolute atomic E-state index is 12.0. The van der Waals surface area contributed by atoms with Crippen molar-refractivity contribution in [3.63, 3.8) is 0 Å². The second-order valence-electron chi connectivity index (χ2n) is 5.74. The lowest BCUT2D eigenvalue weighted by Gasteiger charge is -2.12. The quantitative estimate of drug-likeness (QED) is 0.700. The summed E-state index contributed by atoms with van der Waals surface area (Å²) < 4.78 is 30.4. The summed E-state index contributed by atoms with van der Waals surface area (Å²) in [4.78, 5) is 23.7. The lowest BCUT2D eigenvalue weighted by Crippen LogP contribution is -2.35. The van der Waals surface area contributed by atoms with Crippen LogP contribution in [0.25, 0.3) is 0 Å². The zero-order valence-corrected chi connectivity index (χ0v) is 15.8. The Balaban J connectivity index is 1.79. The minimum atomic E-state index is -3.52. The Morgan fingerprint density at radius 2 is 1.59 bits per heavy atom. The van der Waals surface area contributed by atoms with E-state index in [4.69, 9.17) is 4.74 Å². The number of amides is 2. The Hall–Kier alpha value is -2.91. The number of anilines is 1. The van der Waals surface area contributed by atoms with Gasteiger partial charge in [0.1, 0.15) is 5.75 Å². The number of ether oxygens (including phenoxy) is 1. The molecule has 0 atom stereocenters. The van der Waals surface area contributed by atoms with Crippen molar-refractivity contribution < 1.29 is 22.7 Å². The Kier molecular flexibility index (Phi) is 6.91. The minimum absolute atomic E-state index is 0.122. The zero-order valence-electron chi connectivity index (χ0n) is 15.0. The van der Waals surface area contributed by atoms with Gasteiger partial charge in [0.2, 0.25) is 15.9 Å². The molecule has 0 aliphatic heterocycles. The Labute approximate surface area is 158 Å². The lowest BCUT2D eigenvalue weighted by atomic mass is 10.3. The predicted molar refractivity (Wildman–Crippen MR) is 101 cm³/mol. The lowest BCUT2D eigenvalue weighted by molar-refractivity contribution is -0.125. The van der Waals surface area contributed by atoms with Gasteiger partial charge in [-0.1, -0.05) is 18.2 Å². The molecule has 2 aromatic carbocycles. The number of carbonyl (C=O) groups is 2. The third-order valence-corrected chi connectivity index (χ3v) is 5.31. The molecule has 0 saturated heterocycles. The molecule has 0 radical (unpaired) electrons. The highest BCUT2D eigenvalue weighted by atomic mass is 32.2. The van der Waals surface area contributed by atoms with E-state index in [0.717, 1.165) is 4.31 Å².